The summed E-state index contributed by atoms with van der Waals surface area (Å²) in [5.41, 5.74) is 1.58. The smallest absolute Gasteiger partial charge is 0.269 e. The van der Waals surface area contributed by atoms with Gasteiger partial charge in [-0.05, 0) is 30.4 Å². The molecule has 17 heavy (non-hydrogen) atoms. The summed E-state index contributed by atoms with van der Waals surface area (Å²) in [6, 6.07) is 6.85. The van der Waals surface area contributed by atoms with Gasteiger partial charge in [-0.15, -0.1) is 0 Å². The molecule has 2 rings (SSSR count). The van der Waals surface area contributed by atoms with Crippen LogP contribution in [0.5, 0.6) is 0 Å². The average molecular weight is 234 g/mol. The maximum absolute atomic E-state index is 10.6. The zero-order valence-corrected chi connectivity index (χ0v) is 10.3. The first-order valence-electron chi connectivity index (χ1n) is 5.97. The van der Waals surface area contributed by atoms with Crippen molar-refractivity contribution in [3.63, 3.8) is 0 Å². The van der Waals surface area contributed by atoms with Gasteiger partial charge in [-0.1, -0.05) is 13.8 Å². The molecule has 0 aromatic heterocycles. The Balaban J connectivity index is 2.14. The minimum absolute atomic E-state index is 0.157. The van der Waals surface area contributed by atoms with Crippen LogP contribution in [0.3, 0.4) is 0 Å². The number of non-ortho nitro benzene ring substituents is 1. The molecule has 0 bridgehead atoms. The van der Waals surface area contributed by atoms with Crippen molar-refractivity contribution in [3.05, 3.63) is 34.4 Å². The van der Waals surface area contributed by atoms with Crippen molar-refractivity contribution >= 4 is 11.4 Å². The zero-order chi connectivity index (χ0) is 12.5. The lowest BCUT2D eigenvalue weighted by atomic mass is 9.84. The molecule has 0 saturated carbocycles. The molecule has 0 amide bonds. The van der Waals surface area contributed by atoms with E-state index in [4.69, 9.17) is 0 Å². The Hall–Kier alpha value is -1.58. The summed E-state index contributed by atoms with van der Waals surface area (Å²) < 4.78 is 0. The molecule has 0 radical (unpaired) electrons. The van der Waals surface area contributed by atoms with Crippen LogP contribution < -0.4 is 4.90 Å². The SMILES string of the molecule is CC1(C)CCCN(c2ccc([N+](=O)[O-])cc2)C1. The number of hydrogen-bond acceptors (Lipinski definition) is 3. The first-order chi connectivity index (χ1) is 7.98. The maximum atomic E-state index is 10.6. The summed E-state index contributed by atoms with van der Waals surface area (Å²) >= 11 is 0. The van der Waals surface area contributed by atoms with E-state index in [1.165, 1.54) is 12.8 Å². The van der Waals surface area contributed by atoms with Gasteiger partial charge in [0.25, 0.3) is 5.69 Å². The molecule has 1 aliphatic rings. The van der Waals surface area contributed by atoms with Gasteiger partial charge < -0.3 is 4.90 Å². The molecule has 1 heterocycles. The second kappa shape index (κ2) is 4.35. The van der Waals surface area contributed by atoms with Gasteiger partial charge in [-0.2, -0.15) is 0 Å². The third-order valence-corrected chi connectivity index (χ3v) is 3.33. The average Bonchev–Trinajstić information content (AvgIpc) is 2.28. The fourth-order valence-corrected chi connectivity index (χ4v) is 2.43. The summed E-state index contributed by atoms with van der Waals surface area (Å²) in [4.78, 5) is 12.5. The molecule has 4 heteroatoms. The maximum Gasteiger partial charge on any atom is 0.269 e. The Morgan fingerprint density at radius 3 is 2.47 bits per heavy atom. The van der Waals surface area contributed by atoms with E-state index >= 15 is 0 Å². The van der Waals surface area contributed by atoms with Gasteiger partial charge in [-0.3, -0.25) is 10.1 Å². The number of hydrogen-bond donors (Lipinski definition) is 0. The van der Waals surface area contributed by atoms with Crippen molar-refractivity contribution in [3.8, 4) is 0 Å². The van der Waals surface area contributed by atoms with Crippen LogP contribution in [-0.2, 0) is 0 Å². The van der Waals surface area contributed by atoms with Crippen LogP contribution in [0.25, 0.3) is 0 Å². The summed E-state index contributed by atoms with van der Waals surface area (Å²) in [5.74, 6) is 0. The van der Waals surface area contributed by atoms with Gasteiger partial charge in [0.1, 0.15) is 0 Å². The molecular weight excluding hydrogens is 216 g/mol. The zero-order valence-electron chi connectivity index (χ0n) is 10.3. The lowest BCUT2D eigenvalue weighted by molar-refractivity contribution is -0.384. The van der Waals surface area contributed by atoms with E-state index in [9.17, 15) is 10.1 Å². The van der Waals surface area contributed by atoms with Crippen LogP contribution in [-0.4, -0.2) is 18.0 Å². The second-order valence-electron chi connectivity index (χ2n) is 5.46. The van der Waals surface area contributed by atoms with Gasteiger partial charge in [0.05, 0.1) is 4.92 Å². The summed E-state index contributed by atoms with van der Waals surface area (Å²) in [6.07, 6.45) is 2.43. The molecule has 0 atom stereocenters. The molecule has 4 nitrogen and oxygen atoms in total. The van der Waals surface area contributed by atoms with Crippen LogP contribution in [0, 0.1) is 15.5 Å². The fraction of sp³-hybridized carbons (Fsp3) is 0.538. The lowest BCUT2D eigenvalue weighted by Gasteiger charge is -2.39. The van der Waals surface area contributed by atoms with E-state index in [-0.39, 0.29) is 10.6 Å². The minimum Gasteiger partial charge on any atom is -0.371 e. The Morgan fingerprint density at radius 1 is 1.29 bits per heavy atom. The highest BCUT2D eigenvalue weighted by Gasteiger charge is 2.26. The van der Waals surface area contributed by atoms with Crippen LogP contribution in [0.4, 0.5) is 11.4 Å². The second-order valence-corrected chi connectivity index (χ2v) is 5.46. The highest BCUT2D eigenvalue weighted by atomic mass is 16.6. The van der Waals surface area contributed by atoms with Gasteiger partial charge in [-0.25, -0.2) is 0 Å². The Morgan fingerprint density at radius 2 is 1.94 bits per heavy atom. The molecule has 1 aromatic carbocycles. The van der Waals surface area contributed by atoms with E-state index in [0.29, 0.717) is 5.41 Å². The highest BCUT2D eigenvalue weighted by Crippen LogP contribution is 2.31. The fourth-order valence-electron chi connectivity index (χ4n) is 2.43. The Kier molecular flexibility index (Phi) is 3.05. The summed E-state index contributed by atoms with van der Waals surface area (Å²) in [6.45, 7) is 6.60. The molecule has 0 N–H and O–H groups in total. The molecule has 0 spiro atoms. The van der Waals surface area contributed by atoms with Crippen molar-refractivity contribution in [2.45, 2.75) is 26.7 Å². The van der Waals surface area contributed by atoms with Crippen molar-refractivity contribution in [2.24, 2.45) is 5.41 Å². The van der Waals surface area contributed by atoms with Crippen LogP contribution in [0.1, 0.15) is 26.7 Å². The van der Waals surface area contributed by atoms with Gasteiger partial charge >= 0.3 is 0 Å². The highest BCUT2D eigenvalue weighted by molar-refractivity contribution is 5.51. The third kappa shape index (κ3) is 2.75. The van der Waals surface area contributed by atoms with Crippen molar-refractivity contribution < 1.29 is 4.92 Å². The molecule has 1 fully saturated rings. The van der Waals surface area contributed by atoms with E-state index in [1.54, 1.807) is 12.1 Å². The van der Waals surface area contributed by atoms with E-state index in [1.807, 2.05) is 12.1 Å². The number of nitrogens with zero attached hydrogens (tertiary/aromatic N) is 2. The van der Waals surface area contributed by atoms with Crippen molar-refractivity contribution in [2.75, 3.05) is 18.0 Å². The normalized spacial score (nSPS) is 19.1. The standard InChI is InChI=1S/C13H18N2O2/c1-13(2)8-3-9-14(10-13)11-4-6-12(7-5-11)15(16)17/h4-7H,3,8-10H2,1-2H3. The van der Waals surface area contributed by atoms with Crippen LogP contribution in [0.2, 0.25) is 0 Å². The topological polar surface area (TPSA) is 46.4 Å². The van der Waals surface area contributed by atoms with E-state index in [2.05, 4.69) is 18.7 Å². The molecule has 92 valence electrons. The number of piperidine rings is 1. The van der Waals surface area contributed by atoms with E-state index in [0.717, 1.165) is 18.8 Å². The molecule has 1 saturated heterocycles. The van der Waals surface area contributed by atoms with Crippen LogP contribution >= 0.6 is 0 Å². The molecule has 1 aliphatic heterocycles. The summed E-state index contributed by atoms with van der Waals surface area (Å²) in [7, 11) is 0. The number of benzene rings is 1. The Labute approximate surface area is 101 Å². The monoisotopic (exact) mass is 234 g/mol. The summed E-state index contributed by atoms with van der Waals surface area (Å²) in [5, 5.41) is 10.6. The van der Waals surface area contributed by atoms with Crippen molar-refractivity contribution in [1.82, 2.24) is 0 Å². The number of anilines is 1. The van der Waals surface area contributed by atoms with Gasteiger partial charge in [0.2, 0.25) is 0 Å². The number of nitro benzene ring substituents is 1. The van der Waals surface area contributed by atoms with E-state index < -0.39 is 0 Å². The number of nitro groups is 1. The molecule has 0 aliphatic carbocycles. The van der Waals surface area contributed by atoms with Gasteiger partial charge in [0, 0.05) is 30.9 Å². The Bertz CT molecular complexity index is 412. The molecular formula is C13H18N2O2. The largest absolute Gasteiger partial charge is 0.371 e. The molecule has 0 unspecified atom stereocenters. The lowest BCUT2D eigenvalue weighted by Crippen LogP contribution is -2.40. The minimum atomic E-state index is -0.357. The molecule has 1 aromatic rings. The van der Waals surface area contributed by atoms with Crippen LogP contribution in [0.15, 0.2) is 24.3 Å². The van der Waals surface area contributed by atoms with Gasteiger partial charge in [0.15, 0.2) is 0 Å². The predicted molar refractivity (Wildman–Crippen MR) is 68.3 cm³/mol. The first kappa shape index (κ1) is 11.9. The third-order valence-electron chi connectivity index (χ3n) is 3.33. The predicted octanol–water partition coefficient (Wildman–Crippen LogP) is 3.22. The van der Waals surface area contributed by atoms with Crippen molar-refractivity contribution in [1.29, 1.82) is 0 Å². The number of rotatable bonds is 2. The quantitative estimate of drug-likeness (QED) is 0.583. The first-order valence-corrected chi connectivity index (χ1v) is 5.97.